The fourth-order valence-electron chi connectivity index (χ4n) is 7.09. The number of hydrogen-bond donors (Lipinski definition) is 0. The number of fused-ring (bicyclic) bond motifs is 5. The lowest BCUT2D eigenvalue weighted by atomic mass is 10.0. The molecule has 2 aromatic heterocycles. The molecule has 10 rings (SSSR count). The molecule has 0 saturated carbocycles. The second-order valence-electron chi connectivity index (χ2n) is 12.8. The predicted octanol–water partition coefficient (Wildman–Crippen LogP) is 13.8. The summed E-state index contributed by atoms with van der Waals surface area (Å²) < 4.78 is 8.64. The molecule has 0 spiro atoms. The van der Waals surface area contributed by atoms with Crippen LogP contribution in [0.25, 0.3) is 75.8 Å². The van der Waals surface area contributed by atoms with Gasteiger partial charge < -0.3 is 9.32 Å². The lowest BCUT2D eigenvalue weighted by molar-refractivity contribution is 0.620. The van der Waals surface area contributed by atoms with Crippen LogP contribution in [0.15, 0.2) is 186 Å². The minimum atomic E-state index is 0.648. The summed E-state index contributed by atoms with van der Waals surface area (Å²) in [7, 11) is 0. The Morgan fingerprint density at radius 3 is 1.73 bits per heavy atom. The van der Waals surface area contributed by atoms with Crippen LogP contribution in [0.2, 0.25) is 0 Å². The Bertz CT molecular complexity index is 2840. The lowest BCUT2D eigenvalue weighted by Gasteiger charge is -2.26. The second kappa shape index (κ2) is 12.1. The van der Waals surface area contributed by atoms with Crippen molar-refractivity contribution in [3.63, 3.8) is 0 Å². The number of benzene rings is 8. The molecular weight excluding hydrogens is 641 g/mol. The van der Waals surface area contributed by atoms with Crippen molar-refractivity contribution in [3.8, 4) is 33.7 Å². The van der Waals surface area contributed by atoms with Gasteiger partial charge in [0.05, 0.1) is 0 Å². The molecule has 0 radical (unpaired) electrons. The molecule has 0 amide bonds. The first kappa shape index (κ1) is 29.4. The molecule has 8 aromatic carbocycles. The van der Waals surface area contributed by atoms with Gasteiger partial charge in [0.2, 0.25) is 5.89 Å². The molecule has 0 aliphatic carbocycles. The van der Waals surface area contributed by atoms with Gasteiger partial charge in [-0.3, -0.25) is 0 Å². The van der Waals surface area contributed by atoms with E-state index in [-0.39, 0.29) is 0 Å². The van der Waals surface area contributed by atoms with Gasteiger partial charge in [-0.1, -0.05) is 115 Å². The first-order valence-corrected chi connectivity index (χ1v) is 17.9. The molecule has 0 saturated heterocycles. The van der Waals surface area contributed by atoms with E-state index >= 15 is 0 Å². The molecule has 0 unspecified atom stereocenters. The molecule has 0 atom stereocenters. The highest BCUT2D eigenvalue weighted by molar-refractivity contribution is 7.25. The van der Waals surface area contributed by atoms with Gasteiger partial charge >= 0.3 is 0 Å². The Morgan fingerprint density at radius 2 is 0.980 bits per heavy atom. The first-order chi connectivity index (χ1) is 25.2. The zero-order valence-corrected chi connectivity index (χ0v) is 28.3. The van der Waals surface area contributed by atoms with E-state index in [1.165, 1.54) is 53.2 Å². The highest BCUT2D eigenvalue weighted by Gasteiger charge is 2.17. The van der Waals surface area contributed by atoms with Crippen molar-refractivity contribution in [2.24, 2.45) is 0 Å². The molecule has 0 N–H and O–H groups in total. The largest absolute Gasteiger partial charge is 0.436 e. The molecular formula is C47H30N2OS. The maximum atomic E-state index is 6.24. The molecule has 3 nitrogen and oxygen atoms in total. The van der Waals surface area contributed by atoms with Gasteiger partial charge in [0.25, 0.3) is 0 Å². The van der Waals surface area contributed by atoms with E-state index in [4.69, 9.17) is 9.40 Å². The molecule has 51 heavy (non-hydrogen) atoms. The smallest absolute Gasteiger partial charge is 0.227 e. The minimum absolute atomic E-state index is 0.648. The van der Waals surface area contributed by atoms with Crippen LogP contribution in [-0.2, 0) is 0 Å². The summed E-state index contributed by atoms with van der Waals surface area (Å²) in [5.74, 6) is 0.648. The summed E-state index contributed by atoms with van der Waals surface area (Å²) in [6.07, 6.45) is 0. The maximum absolute atomic E-state index is 6.24. The van der Waals surface area contributed by atoms with E-state index in [0.717, 1.165) is 33.7 Å². The van der Waals surface area contributed by atoms with Crippen molar-refractivity contribution < 1.29 is 4.42 Å². The van der Waals surface area contributed by atoms with Gasteiger partial charge in [-0.05, 0) is 93.7 Å². The van der Waals surface area contributed by atoms with Crippen molar-refractivity contribution in [1.29, 1.82) is 0 Å². The quantitative estimate of drug-likeness (QED) is 0.176. The van der Waals surface area contributed by atoms with Crippen LogP contribution in [0.1, 0.15) is 0 Å². The average Bonchev–Trinajstić information content (AvgIpc) is 3.78. The number of nitrogens with zero attached hydrogens (tertiary/aromatic N) is 2. The summed E-state index contributed by atoms with van der Waals surface area (Å²) in [4.78, 5) is 7.22. The van der Waals surface area contributed by atoms with E-state index in [0.29, 0.717) is 5.89 Å². The Hall–Kier alpha value is -6.49. The van der Waals surface area contributed by atoms with Gasteiger partial charge in [0, 0.05) is 48.9 Å². The molecule has 0 aliphatic rings. The normalized spacial score (nSPS) is 11.5. The third-order valence-electron chi connectivity index (χ3n) is 9.67. The lowest BCUT2D eigenvalue weighted by Crippen LogP contribution is -2.09. The van der Waals surface area contributed by atoms with Crippen LogP contribution in [0.3, 0.4) is 0 Å². The van der Waals surface area contributed by atoms with Crippen LogP contribution in [0.5, 0.6) is 0 Å². The van der Waals surface area contributed by atoms with Crippen molar-refractivity contribution in [2.75, 3.05) is 4.90 Å². The van der Waals surface area contributed by atoms with Crippen molar-refractivity contribution in [1.82, 2.24) is 4.98 Å². The number of thiophene rings is 1. The van der Waals surface area contributed by atoms with E-state index in [1.54, 1.807) is 11.3 Å². The summed E-state index contributed by atoms with van der Waals surface area (Å²) in [5.41, 5.74) is 10.8. The van der Waals surface area contributed by atoms with Crippen molar-refractivity contribution >= 4 is 70.4 Å². The summed E-state index contributed by atoms with van der Waals surface area (Å²) >= 11 is 1.79. The third kappa shape index (κ3) is 5.34. The van der Waals surface area contributed by atoms with Gasteiger partial charge in [0.1, 0.15) is 5.52 Å². The maximum Gasteiger partial charge on any atom is 0.227 e. The molecule has 10 aromatic rings. The van der Waals surface area contributed by atoms with Crippen LogP contribution >= 0.6 is 11.3 Å². The molecule has 2 heterocycles. The fraction of sp³-hybridized carbons (Fsp3) is 0. The predicted molar refractivity (Wildman–Crippen MR) is 215 cm³/mol. The fourth-order valence-corrected chi connectivity index (χ4v) is 8.24. The van der Waals surface area contributed by atoms with Gasteiger partial charge in [-0.25, -0.2) is 4.98 Å². The molecule has 0 bridgehead atoms. The Balaban J connectivity index is 1.10. The van der Waals surface area contributed by atoms with E-state index in [1.807, 2.05) is 30.3 Å². The number of hydrogen-bond acceptors (Lipinski definition) is 4. The van der Waals surface area contributed by atoms with Crippen LogP contribution in [0.4, 0.5) is 17.1 Å². The van der Waals surface area contributed by atoms with Crippen LogP contribution in [-0.4, -0.2) is 4.98 Å². The first-order valence-electron chi connectivity index (χ1n) is 17.1. The van der Waals surface area contributed by atoms with Crippen molar-refractivity contribution in [2.45, 2.75) is 0 Å². The number of oxazole rings is 1. The van der Waals surface area contributed by atoms with Gasteiger partial charge in [-0.15, -0.1) is 11.3 Å². The van der Waals surface area contributed by atoms with Crippen molar-refractivity contribution in [3.05, 3.63) is 182 Å². The second-order valence-corrected chi connectivity index (χ2v) is 13.9. The summed E-state index contributed by atoms with van der Waals surface area (Å²) in [6, 6.07) is 64.7. The summed E-state index contributed by atoms with van der Waals surface area (Å²) in [5, 5.41) is 4.83. The number of anilines is 3. The van der Waals surface area contributed by atoms with Gasteiger partial charge in [0.15, 0.2) is 5.58 Å². The van der Waals surface area contributed by atoms with E-state index in [2.05, 4.69) is 157 Å². The molecule has 4 heteroatoms. The summed E-state index contributed by atoms with van der Waals surface area (Å²) in [6.45, 7) is 0. The third-order valence-corrected chi connectivity index (χ3v) is 10.8. The van der Waals surface area contributed by atoms with Crippen LogP contribution < -0.4 is 4.90 Å². The zero-order chi connectivity index (χ0) is 33.7. The number of rotatable bonds is 6. The van der Waals surface area contributed by atoms with E-state index in [9.17, 15) is 0 Å². The monoisotopic (exact) mass is 670 g/mol. The topological polar surface area (TPSA) is 29.3 Å². The minimum Gasteiger partial charge on any atom is -0.436 e. The Labute approximate surface area is 299 Å². The van der Waals surface area contributed by atoms with Gasteiger partial charge in [-0.2, -0.15) is 0 Å². The average molecular weight is 671 g/mol. The number of aromatic nitrogens is 1. The Kier molecular flexibility index (Phi) is 7.00. The van der Waals surface area contributed by atoms with E-state index < -0.39 is 0 Å². The molecule has 0 fully saturated rings. The van der Waals surface area contributed by atoms with Crippen LogP contribution in [0, 0.1) is 0 Å². The highest BCUT2D eigenvalue weighted by Crippen LogP contribution is 2.43. The molecule has 240 valence electrons. The SMILES string of the molecule is c1ccc(-c2ccc(N(c3ccc4ccc(-c5ccccc5)cc4c3)c3ccc4c(c3)sc3cc5oc(-c6ccccc6)nc5cc34)cc2)cc1. The molecule has 0 aliphatic heterocycles. The Morgan fingerprint density at radius 1 is 0.412 bits per heavy atom. The zero-order valence-electron chi connectivity index (χ0n) is 27.5. The highest BCUT2D eigenvalue weighted by atomic mass is 32.1. The standard InChI is InChI=1S/C47H30N2OS/c1-4-10-31(11-5-1)33-18-21-38(22-19-33)49(39-23-20-34-16-17-36(26-37(34)27-39)32-12-6-2-7-13-32)40-24-25-41-42-29-43-44(30-46(42)51-45(41)28-40)50-47(48-43)35-14-8-3-9-15-35/h1-30H.